The predicted molar refractivity (Wildman–Crippen MR) is 124 cm³/mol. The molecule has 0 aliphatic rings. The van der Waals surface area contributed by atoms with Crippen LogP contribution in [0.5, 0.6) is 0 Å². The highest BCUT2D eigenvalue weighted by Crippen LogP contribution is 2.17. The van der Waals surface area contributed by atoms with Crippen LogP contribution >= 0.6 is 24.0 Å². The summed E-state index contributed by atoms with van der Waals surface area (Å²) in [6, 6.07) is 11.2. The smallest absolute Gasteiger partial charge is 0.191 e. The van der Waals surface area contributed by atoms with Gasteiger partial charge in [0.15, 0.2) is 15.8 Å². The first kappa shape index (κ1) is 25.3. The molecule has 0 fully saturated rings. The van der Waals surface area contributed by atoms with Crippen molar-refractivity contribution in [2.75, 3.05) is 19.3 Å². The molecule has 2 aromatic carbocycles. The standard InChI is InChI=1S/C20H26FN3O3S.HI/c1-4-22-20(24-13-18(25)16-7-5-6-8-17(16)21)23-12-15-9-10-19(14(2)11-15)28(3,26)27;/h5-11,18,25H,4,12-13H2,1-3H3,(H2,22,23,24);1H. The van der Waals surface area contributed by atoms with E-state index in [4.69, 9.17) is 0 Å². The van der Waals surface area contributed by atoms with E-state index >= 15 is 0 Å². The lowest BCUT2D eigenvalue weighted by Gasteiger charge is -2.16. The first-order valence-electron chi connectivity index (χ1n) is 8.96. The summed E-state index contributed by atoms with van der Waals surface area (Å²) < 4.78 is 37.2. The molecule has 2 aromatic rings. The van der Waals surface area contributed by atoms with Crippen molar-refractivity contribution < 1.29 is 17.9 Å². The molecule has 6 nitrogen and oxygen atoms in total. The number of guanidine groups is 1. The number of hydrogen-bond acceptors (Lipinski definition) is 4. The highest BCUT2D eigenvalue weighted by Gasteiger charge is 2.13. The third-order valence-electron chi connectivity index (χ3n) is 4.13. The van der Waals surface area contributed by atoms with Crippen LogP contribution in [0.2, 0.25) is 0 Å². The number of aliphatic imine (C=N–C) groups is 1. The first-order valence-corrected chi connectivity index (χ1v) is 10.9. The van der Waals surface area contributed by atoms with E-state index in [1.54, 1.807) is 37.3 Å². The maximum Gasteiger partial charge on any atom is 0.191 e. The van der Waals surface area contributed by atoms with E-state index in [1.165, 1.54) is 18.4 Å². The van der Waals surface area contributed by atoms with Crippen LogP contribution in [0.4, 0.5) is 4.39 Å². The van der Waals surface area contributed by atoms with E-state index in [0.717, 1.165) is 5.56 Å². The Hall–Kier alpha value is -1.72. The van der Waals surface area contributed by atoms with Crippen molar-refractivity contribution in [2.24, 2.45) is 4.99 Å². The van der Waals surface area contributed by atoms with Crippen LogP contribution in [0.3, 0.4) is 0 Å². The minimum Gasteiger partial charge on any atom is -0.386 e. The third kappa shape index (κ3) is 7.56. The molecule has 29 heavy (non-hydrogen) atoms. The molecule has 0 amide bonds. The molecule has 0 aliphatic heterocycles. The molecule has 0 saturated heterocycles. The second-order valence-corrected chi connectivity index (χ2v) is 8.47. The van der Waals surface area contributed by atoms with Gasteiger partial charge in [-0.3, -0.25) is 0 Å². The van der Waals surface area contributed by atoms with Crippen LogP contribution < -0.4 is 10.6 Å². The normalized spacial score (nSPS) is 12.8. The van der Waals surface area contributed by atoms with Gasteiger partial charge >= 0.3 is 0 Å². The summed E-state index contributed by atoms with van der Waals surface area (Å²) in [5.41, 5.74) is 1.75. The lowest BCUT2D eigenvalue weighted by atomic mass is 10.1. The van der Waals surface area contributed by atoms with Gasteiger partial charge in [-0.2, -0.15) is 0 Å². The minimum atomic E-state index is -3.26. The van der Waals surface area contributed by atoms with Crippen LogP contribution in [0.1, 0.15) is 29.7 Å². The number of aliphatic hydroxyl groups excluding tert-OH is 1. The molecule has 0 saturated carbocycles. The largest absolute Gasteiger partial charge is 0.386 e. The zero-order valence-electron chi connectivity index (χ0n) is 16.6. The van der Waals surface area contributed by atoms with Crippen molar-refractivity contribution in [2.45, 2.75) is 31.4 Å². The van der Waals surface area contributed by atoms with Crippen LogP contribution in [0.15, 0.2) is 52.4 Å². The van der Waals surface area contributed by atoms with E-state index < -0.39 is 21.8 Å². The molecule has 9 heteroatoms. The van der Waals surface area contributed by atoms with E-state index in [0.29, 0.717) is 29.5 Å². The van der Waals surface area contributed by atoms with E-state index in [1.807, 2.05) is 6.92 Å². The Balaban J connectivity index is 0.00000420. The van der Waals surface area contributed by atoms with Gasteiger partial charge in [-0.1, -0.05) is 30.3 Å². The van der Waals surface area contributed by atoms with E-state index in [-0.39, 0.29) is 36.1 Å². The zero-order valence-corrected chi connectivity index (χ0v) is 19.8. The molecule has 2 rings (SSSR count). The molecular formula is C20H27FIN3O3S. The van der Waals surface area contributed by atoms with Gasteiger partial charge in [-0.05, 0) is 37.1 Å². The summed E-state index contributed by atoms with van der Waals surface area (Å²) in [6.45, 7) is 4.70. The van der Waals surface area contributed by atoms with Gasteiger partial charge in [-0.25, -0.2) is 17.8 Å². The Morgan fingerprint density at radius 1 is 1.21 bits per heavy atom. The molecule has 160 valence electrons. The molecule has 0 aliphatic carbocycles. The van der Waals surface area contributed by atoms with Crippen molar-refractivity contribution in [3.05, 3.63) is 65.0 Å². The maximum atomic E-state index is 13.8. The molecule has 0 heterocycles. The molecular weight excluding hydrogens is 508 g/mol. The van der Waals surface area contributed by atoms with Crippen molar-refractivity contribution in [1.82, 2.24) is 10.6 Å². The average Bonchev–Trinajstić information content (AvgIpc) is 2.63. The Morgan fingerprint density at radius 3 is 2.48 bits per heavy atom. The summed E-state index contributed by atoms with van der Waals surface area (Å²) in [5.74, 6) is 0.0166. The van der Waals surface area contributed by atoms with Crippen LogP contribution in [-0.2, 0) is 16.4 Å². The van der Waals surface area contributed by atoms with Gasteiger partial charge in [0.05, 0.1) is 17.5 Å². The molecule has 3 N–H and O–H groups in total. The van der Waals surface area contributed by atoms with Crippen LogP contribution in [0, 0.1) is 12.7 Å². The lowest BCUT2D eigenvalue weighted by molar-refractivity contribution is 0.176. The van der Waals surface area contributed by atoms with Crippen molar-refractivity contribution in [3.63, 3.8) is 0 Å². The van der Waals surface area contributed by atoms with Gasteiger partial charge in [0.1, 0.15) is 5.82 Å². The van der Waals surface area contributed by atoms with Gasteiger partial charge in [0, 0.05) is 24.9 Å². The Bertz CT molecular complexity index is 952. The van der Waals surface area contributed by atoms with Crippen molar-refractivity contribution in [1.29, 1.82) is 0 Å². The molecule has 1 atom stereocenters. The van der Waals surface area contributed by atoms with Gasteiger partial charge < -0.3 is 15.7 Å². The average molecular weight is 535 g/mol. The van der Waals surface area contributed by atoms with Gasteiger partial charge in [0.25, 0.3) is 0 Å². The topological polar surface area (TPSA) is 90.8 Å². The van der Waals surface area contributed by atoms with Crippen molar-refractivity contribution in [3.8, 4) is 0 Å². The Labute approximate surface area is 188 Å². The van der Waals surface area contributed by atoms with Crippen LogP contribution in [-0.4, -0.2) is 38.8 Å². The maximum absolute atomic E-state index is 13.8. The molecule has 1 unspecified atom stereocenters. The molecule has 0 radical (unpaired) electrons. The third-order valence-corrected chi connectivity index (χ3v) is 5.39. The molecule has 0 spiro atoms. The minimum absolute atomic E-state index is 0. The number of hydrogen-bond donors (Lipinski definition) is 3. The lowest BCUT2D eigenvalue weighted by Crippen LogP contribution is -2.39. The molecule has 0 bridgehead atoms. The zero-order chi connectivity index (χ0) is 20.7. The number of benzene rings is 2. The monoisotopic (exact) mass is 535 g/mol. The molecule has 0 aromatic heterocycles. The Kier molecular flexibility index (Phi) is 10.0. The highest BCUT2D eigenvalue weighted by atomic mass is 127. The SMILES string of the molecule is CCNC(=NCc1ccc(S(C)(=O)=O)c(C)c1)NCC(O)c1ccccc1F.I. The fourth-order valence-corrected chi connectivity index (χ4v) is 3.75. The van der Waals surface area contributed by atoms with E-state index in [9.17, 15) is 17.9 Å². The summed E-state index contributed by atoms with van der Waals surface area (Å²) in [4.78, 5) is 4.75. The highest BCUT2D eigenvalue weighted by molar-refractivity contribution is 14.0. The number of nitrogens with zero attached hydrogens (tertiary/aromatic N) is 1. The summed E-state index contributed by atoms with van der Waals surface area (Å²) in [5, 5.41) is 16.3. The summed E-state index contributed by atoms with van der Waals surface area (Å²) in [6.07, 6.45) is 0.169. The number of aliphatic hydroxyl groups is 1. The number of rotatable bonds is 7. The van der Waals surface area contributed by atoms with Gasteiger partial charge in [-0.15, -0.1) is 24.0 Å². The quantitative estimate of drug-likeness (QED) is 0.288. The van der Waals surface area contributed by atoms with Gasteiger partial charge in [0.2, 0.25) is 0 Å². The first-order chi connectivity index (χ1) is 13.2. The van der Waals surface area contributed by atoms with E-state index in [2.05, 4.69) is 15.6 Å². The second-order valence-electron chi connectivity index (χ2n) is 6.49. The second kappa shape index (κ2) is 11.5. The predicted octanol–water partition coefficient (Wildman–Crippen LogP) is 2.94. The Morgan fingerprint density at radius 2 is 1.90 bits per heavy atom. The number of aryl methyl sites for hydroxylation is 1. The van der Waals surface area contributed by atoms with Crippen molar-refractivity contribution >= 4 is 39.8 Å². The van der Waals surface area contributed by atoms with Crippen LogP contribution in [0.25, 0.3) is 0 Å². The number of halogens is 2. The fraction of sp³-hybridized carbons (Fsp3) is 0.350. The fourth-order valence-electron chi connectivity index (χ4n) is 2.79. The number of nitrogens with one attached hydrogen (secondary N) is 2. The summed E-state index contributed by atoms with van der Waals surface area (Å²) in [7, 11) is -3.26. The number of sulfone groups is 1. The summed E-state index contributed by atoms with van der Waals surface area (Å²) >= 11 is 0.